The van der Waals surface area contributed by atoms with Gasteiger partial charge in [-0.15, -0.1) is 0 Å². The molecule has 2 aromatic carbocycles. The fourth-order valence-electron chi connectivity index (χ4n) is 5.40. The van der Waals surface area contributed by atoms with Crippen LogP contribution in [0, 0.1) is 30.6 Å². The lowest BCUT2D eigenvalue weighted by atomic mass is 9.82. The van der Waals surface area contributed by atoms with Gasteiger partial charge >= 0.3 is 5.97 Å². The van der Waals surface area contributed by atoms with Gasteiger partial charge in [0, 0.05) is 10.7 Å². The highest BCUT2D eigenvalue weighted by Crippen LogP contribution is 2.55. The molecule has 8 heteroatoms. The largest absolute Gasteiger partial charge is 0.452 e. The van der Waals surface area contributed by atoms with Crippen molar-refractivity contribution >= 4 is 46.7 Å². The molecule has 174 valence electrons. The minimum absolute atomic E-state index is 0.132. The van der Waals surface area contributed by atoms with Crippen LogP contribution in [-0.4, -0.2) is 30.3 Å². The molecule has 4 atom stereocenters. The molecule has 1 heterocycles. The van der Waals surface area contributed by atoms with Crippen molar-refractivity contribution in [2.45, 2.75) is 20.3 Å². The number of nitrogens with zero attached hydrogens (tertiary/aromatic N) is 1. The maximum atomic E-state index is 13.1. The Kier molecular flexibility index (Phi) is 5.52. The number of nitrogens with one attached hydrogen (secondary N) is 1. The molecule has 2 aliphatic carbocycles. The SMILES string of the molecule is CC1=C[C@H]2C[C@H]1[C@H]1C(=O)N(c3ccc(C(=O)OCC(=O)Nc4cc(Cl)ccc4C)cc3)C(=O)[C@H]12. The van der Waals surface area contributed by atoms with Crippen LogP contribution in [0.25, 0.3) is 0 Å². The van der Waals surface area contributed by atoms with Gasteiger partial charge in [0.2, 0.25) is 11.8 Å². The predicted octanol–water partition coefficient (Wildman–Crippen LogP) is 4.15. The Balaban J connectivity index is 1.21. The average Bonchev–Trinajstić information content (AvgIpc) is 3.45. The molecular weight excluding hydrogens is 456 g/mol. The summed E-state index contributed by atoms with van der Waals surface area (Å²) in [5.74, 6) is -1.80. The number of fused-ring (bicyclic) bond motifs is 5. The van der Waals surface area contributed by atoms with E-state index in [9.17, 15) is 19.2 Å². The van der Waals surface area contributed by atoms with Crippen LogP contribution in [0.15, 0.2) is 54.1 Å². The van der Waals surface area contributed by atoms with Crippen molar-refractivity contribution in [3.63, 3.8) is 0 Å². The van der Waals surface area contributed by atoms with Gasteiger partial charge in [0.25, 0.3) is 5.91 Å². The fourth-order valence-corrected chi connectivity index (χ4v) is 5.58. The van der Waals surface area contributed by atoms with Crippen molar-refractivity contribution in [3.05, 3.63) is 70.3 Å². The van der Waals surface area contributed by atoms with E-state index in [1.165, 1.54) is 22.6 Å². The number of aryl methyl sites for hydroxylation is 1. The van der Waals surface area contributed by atoms with Gasteiger partial charge in [-0.3, -0.25) is 19.3 Å². The number of benzene rings is 2. The highest BCUT2D eigenvalue weighted by Gasteiger charge is 2.60. The quantitative estimate of drug-likeness (QED) is 0.396. The first kappa shape index (κ1) is 22.3. The maximum absolute atomic E-state index is 13.1. The number of hydrogen-bond acceptors (Lipinski definition) is 5. The van der Waals surface area contributed by atoms with Crippen LogP contribution in [0.3, 0.4) is 0 Å². The van der Waals surface area contributed by atoms with Gasteiger partial charge in [-0.25, -0.2) is 4.79 Å². The first-order valence-electron chi connectivity index (χ1n) is 11.1. The third-order valence-corrected chi connectivity index (χ3v) is 7.29. The summed E-state index contributed by atoms with van der Waals surface area (Å²) in [7, 11) is 0. The number of anilines is 2. The number of imide groups is 1. The van der Waals surface area contributed by atoms with Gasteiger partial charge in [-0.05, 0) is 74.1 Å². The normalized spacial score (nSPS) is 24.8. The van der Waals surface area contributed by atoms with Crippen LogP contribution in [0.2, 0.25) is 5.02 Å². The number of hydrogen-bond donors (Lipinski definition) is 1. The van der Waals surface area contributed by atoms with Crippen molar-refractivity contribution < 1.29 is 23.9 Å². The summed E-state index contributed by atoms with van der Waals surface area (Å²) in [6, 6.07) is 11.2. The number of ether oxygens (including phenoxy) is 1. The van der Waals surface area contributed by atoms with Crippen LogP contribution in [0.4, 0.5) is 11.4 Å². The lowest BCUT2D eigenvalue weighted by Gasteiger charge is -2.19. The monoisotopic (exact) mass is 478 g/mol. The molecule has 0 radical (unpaired) electrons. The summed E-state index contributed by atoms with van der Waals surface area (Å²) >= 11 is 5.95. The molecule has 0 aromatic heterocycles. The van der Waals surface area contributed by atoms with E-state index in [1.54, 1.807) is 30.3 Å². The number of carbonyl (C=O) groups is 4. The second-order valence-electron chi connectivity index (χ2n) is 9.11. The summed E-state index contributed by atoms with van der Waals surface area (Å²) in [6.45, 7) is 3.39. The van der Waals surface area contributed by atoms with Crippen molar-refractivity contribution in [1.29, 1.82) is 0 Å². The first-order valence-corrected chi connectivity index (χ1v) is 11.5. The smallest absolute Gasteiger partial charge is 0.338 e. The fraction of sp³-hybridized carbons (Fsp3) is 0.308. The molecule has 34 heavy (non-hydrogen) atoms. The van der Waals surface area contributed by atoms with E-state index in [-0.39, 0.29) is 41.0 Å². The molecule has 1 aliphatic heterocycles. The van der Waals surface area contributed by atoms with Gasteiger partial charge in [-0.2, -0.15) is 0 Å². The van der Waals surface area contributed by atoms with Gasteiger partial charge in [0.1, 0.15) is 0 Å². The first-order chi connectivity index (χ1) is 16.2. The third-order valence-electron chi connectivity index (χ3n) is 7.05. The van der Waals surface area contributed by atoms with E-state index >= 15 is 0 Å². The zero-order valence-electron chi connectivity index (χ0n) is 18.7. The molecule has 1 saturated heterocycles. The third kappa shape index (κ3) is 3.70. The molecule has 5 rings (SSSR count). The van der Waals surface area contributed by atoms with Gasteiger partial charge in [-0.1, -0.05) is 29.3 Å². The van der Waals surface area contributed by atoms with Crippen molar-refractivity contribution in [1.82, 2.24) is 0 Å². The molecule has 1 saturated carbocycles. The summed E-state index contributed by atoms with van der Waals surface area (Å²) in [5, 5.41) is 3.14. The minimum Gasteiger partial charge on any atom is -0.452 e. The van der Waals surface area contributed by atoms with Crippen molar-refractivity contribution in [2.75, 3.05) is 16.8 Å². The Labute approximate surface area is 201 Å². The number of carbonyl (C=O) groups excluding carboxylic acids is 4. The summed E-state index contributed by atoms with van der Waals surface area (Å²) in [6.07, 6.45) is 3.01. The zero-order valence-corrected chi connectivity index (χ0v) is 19.5. The van der Waals surface area contributed by atoms with E-state index in [2.05, 4.69) is 11.4 Å². The highest BCUT2D eigenvalue weighted by molar-refractivity contribution is 6.31. The Morgan fingerprint density at radius 3 is 2.50 bits per heavy atom. The Bertz CT molecular complexity index is 1250. The molecule has 3 amide bonds. The Morgan fingerprint density at radius 1 is 1.06 bits per heavy atom. The van der Waals surface area contributed by atoms with Crippen LogP contribution in [-0.2, 0) is 19.1 Å². The molecule has 3 aliphatic rings. The lowest BCUT2D eigenvalue weighted by Crippen LogP contribution is -2.33. The minimum atomic E-state index is -0.682. The van der Waals surface area contributed by atoms with E-state index in [1.807, 2.05) is 13.8 Å². The Morgan fingerprint density at radius 2 is 1.76 bits per heavy atom. The Hall–Kier alpha value is -3.45. The summed E-state index contributed by atoms with van der Waals surface area (Å²) < 4.78 is 5.11. The topological polar surface area (TPSA) is 92.8 Å². The second-order valence-corrected chi connectivity index (χ2v) is 9.55. The molecule has 2 fully saturated rings. The van der Waals surface area contributed by atoms with Gasteiger partial charge < -0.3 is 10.1 Å². The average molecular weight is 479 g/mol. The van der Waals surface area contributed by atoms with E-state index in [0.717, 1.165) is 12.0 Å². The number of halogens is 1. The lowest BCUT2D eigenvalue weighted by molar-refractivity contribution is -0.123. The predicted molar refractivity (Wildman–Crippen MR) is 126 cm³/mol. The molecular formula is C26H23ClN2O5. The standard InChI is InChI=1S/C26H23ClN2O5/c1-13-3-6-17(27)11-20(13)28-21(30)12-34-26(33)15-4-7-18(8-5-15)29-24(31)22-16-9-14(2)19(10-16)23(22)25(29)32/h3-9,11,16,19,22-23H,10,12H2,1-2H3,(H,28,30)/t16-,19+,22-,23+/m0/s1. The molecule has 7 nitrogen and oxygen atoms in total. The van der Waals surface area contributed by atoms with Crippen molar-refractivity contribution in [2.24, 2.45) is 23.7 Å². The number of rotatable bonds is 5. The molecule has 0 spiro atoms. The summed E-state index contributed by atoms with van der Waals surface area (Å²) in [4.78, 5) is 51.9. The van der Waals surface area contributed by atoms with Gasteiger partial charge in [0.15, 0.2) is 6.61 Å². The van der Waals surface area contributed by atoms with Crippen LogP contribution in [0.5, 0.6) is 0 Å². The van der Waals surface area contributed by atoms with Crippen molar-refractivity contribution in [3.8, 4) is 0 Å². The van der Waals surface area contributed by atoms with Crippen LogP contribution >= 0.6 is 11.6 Å². The van der Waals surface area contributed by atoms with E-state index in [0.29, 0.717) is 16.4 Å². The van der Waals surface area contributed by atoms with Gasteiger partial charge in [0.05, 0.1) is 23.1 Å². The number of esters is 1. The van der Waals surface area contributed by atoms with Crippen LogP contribution in [0.1, 0.15) is 29.3 Å². The molecule has 0 unspecified atom stereocenters. The zero-order chi connectivity index (χ0) is 24.1. The maximum Gasteiger partial charge on any atom is 0.338 e. The number of allylic oxidation sites excluding steroid dienone is 2. The highest BCUT2D eigenvalue weighted by atomic mass is 35.5. The van der Waals surface area contributed by atoms with E-state index in [4.69, 9.17) is 16.3 Å². The second kappa shape index (κ2) is 8.40. The molecule has 2 aromatic rings. The molecule has 1 N–H and O–H groups in total. The number of amides is 3. The molecule has 2 bridgehead atoms. The van der Waals surface area contributed by atoms with Crippen LogP contribution < -0.4 is 10.2 Å². The summed E-state index contributed by atoms with van der Waals surface area (Å²) in [5.41, 5.74) is 3.22. The van der Waals surface area contributed by atoms with E-state index < -0.39 is 18.5 Å².